The third-order valence-corrected chi connectivity index (χ3v) is 5.02. The molecule has 3 rings (SSSR count). The number of nitrogens with zero attached hydrogens (tertiary/aromatic N) is 3. The van der Waals surface area contributed by atoms with Gasteiger partial charge in [0.25, 0.3) is 0 Å². The summed E-state index contributed by atoms with van der Waals surface area (Å²) < 4.78 is 18.0. The van der Waals surface area contributed by atoms with Crippen LogP contribution in [0.15, 0.2) is 34.9 Å². The first kappa shape index (κ1) is 19.5. The number of nitrogens with one attached hydrogen (secondary N) is 1. The predicted molar refractivity (Wildman–Crippen MR) is 101 cm³/mol. The van der Waals surface area contributed by atoms with E-state index in [4.69, 9.17) is 4.52 Å². The van der Waals surface area contributed by atoms with Crippen LogP contribution in [-0.4, -0.2) is 59.6 Å². The summed E-state index contributed by atoms with van der Waals surface area (Å²) in [7, 11) is 0. The Morgan fingerprint density at radius 1 is 1.26 bits per heavy atom. The van der Waals surface area contributed by atoms with Gasteiger partial charge in [-0.3, -0.25) is 14.6 Å². The molecular weight excluding hydrogens is 347 g/mol. The number of halogens is 1. The summed E-state index contributed by atoms with van der Waals surface area (Å²) in [5.74, 6) is 0.626. The van der Waals surface area contributed by atoms with Crippen LogP contribution >= 0.6 is 0 Å². The SMILES string of the molecule is Cc1cc(CN2CCN(C(C)C(=O)NCCc3ccc(F)cc3)CC2)no1. The smallest absolute Gasteiger partial charge is 0.237 e. The molecule has 1 aromatic heterocycles. The van der Waals surface area contributed by atoms with Crippen molar-refractivity contribution in [3.8, 4) is 0 Å². The second kappa shape index (κ2) is 9.10. The van der Waals surface area contributed by atoms with Crippen LogP contribution in [0.1, 0.15) is 23.9 Å². The molecule has 146 valence electrons. The Morgan fingerprint density at radius 3 is 2.59 bits per heavy atom. The normalized spacial score (nSPS) is 17.0. The highest BCUT2D eigenvalue weighted by Gasteiger charge is 2.25. The van der Waals surface area contributed by atoms with Gasteiger partial charge in [0.05, 0.1) is 11.7 Å². The number of aromatic nitrogens is 1. The van der Waals surface area contributed by atoms with Crippen LogP contribution in [-0.2, 0) is 17.8 Å². The van der Waals surface area contributed by atoms with Gasteiger partial charge in [-0.1, -0.05) is 17.3 Å². The Kier molecular flexibility index (Phi) is 6.58. The Labute approximate surface area is 159 Å². The Bertz CT molecular complexity index is 739. The van der Waals surface area contributed by atoms with Crippen molar-refractivity contribution < 1.29 is 13.7 Å². The minimum absolute atomic E-state index is 0.0395. The van der Waals surface area contributed by atoms with Crippen molar-refractivity contribution in [3.63, 3.8) is 0 Å². The Hall–Kier alpha value is -2.25. The first-order valence-electron chi connectivity index (χ1n) is 9.42. The minimum atomic E-state index is -0.241. The molecular formula is C20H27FN4O2. The maximum atomic E-state index is 12.9. The average molecular weight is 374 g/mol. The predicted octanol–water partition coefficient (Wildman–Crippen LogP) is 1.99. The zero-order chi connectivity index (χ0) is 19.2. The van der Waals surface area contributed by atoms with Gasteiger partial charge in [-0.15, -0.1) is 0 Å². The lowest BCUT2D eigenvalue weighted by Crippen LogP contribution is -2.53. The zero-order valence-corrected chi connectivity index (χ0v) is 15.9. The molecule has 1 aliphatic heterocycles. The van der Waals surface area contributed by atoms with Crippen molar-refractivity contribution in [1.82, 2.24) is 20.3 Å². The highest BCUT2D eigenvalue weighted by molar-refractivity contribution is 5.81. The number of hydrogen-bond donors (Lipinski definition) is 1. The summed E-state index contributed by atoms with van der Waals surface area (Å²) in [5, 5.41) is 7.03. The molecule has 1 amide bonds. The van der Waals surface area contributed by atoms with E-state index in [0.29, 0.717) is 13.0 Å². The van der Waals surface area contributed by atoms with Crippen molar-refractivity contribution in [2.45, 2.75) is 32.9 Å². The third kappa shape index (κ3) is 5.61. The first-order chi connectivity index (χ1) is 13.0. The van der Waals surface area contributed by atoms with Gasteiger partial charge in [-0.05, 0) is 38.0 Å². The monoisotopic (exact) mass is 374 g/mol. The zero-order valence-electron chi connectivity index (χ0n) is 15.9. The molecule has 1 atom stereocenters. The van der Waals surface area contributed by atoms with E-state index in [2.05, 4.69) is 20.3 Å². The van der Waals surface area contributed by atoms with Gasteiger partial charge in [-0.25, -0.2) is 4.39 Å². The number of aryl methyl sites for hydroxylation is 1. The Morgan fingerprint density at radius 2 is 1.96 bits per heavy atom. The molecule has 2 aromatic rings. The summed E-state index contributed by atoms with van der Waals surface area (Å²) in [6, 6.07) is 8.19. The summed E-state index contributed by atoms with van der Waals surface area (Å²) >= 11 is 0. The van der Waals surface area contributed by atoms with E-state index in [1.165, 1.54) is 12.1 Å². The molecule has 2 heterocycles. The van der Waals surface area contributed by atoms with Crippen LogP contribution in [0.3, 0.4) is 0 Å². The first-order valence-corrected chi connectivity index (χ1v) is 9.42. The number of benzene rings is 1. The van der Waals surface area contributed by atoms with Crippen LogP contribution in [0.25, 0.3) is 0 Å². The quantitative estimate of drug-likeness (QED) is 0.803. The summed E-state index contributed by atoms with van der Waals surface area (Å²) in [5.41, 5.74) is 1.97. The van der Waals surface area contributed by atoms with Gasteiger partial charge in [0.15, 0.2) is 0 Å². The number of carbonyl (C=O) groups excluding carboxylic acids is 1. The second-order valence-electron chi connectivity index (χ2n) is 7.08. The molecule has 0 aliphatic carbocycles. The van der Waals surface area contributed by atoms with E-state index in [9.17, 15) is 9.18 Å². The van der Waals surface area contributed by atoms with Gasteiger partial charge in [0, 0.05) is 45.3 Å². The molecule has 0 saturated carbocycles. The summed E-state index contributed by atoms with van der Waals surface area (Å²) in [6.07, 6.45) is 0.698. The molecule has 1 aliphatic rings. The van der Waals surface area contributed by atoms with Crippen molar-refractivity contribution in [2.24, 2.45) is 0 Å². The van der Waals surface area contributed by atoms with E-state index in [0.717, 1.165) is 49.7 Å². The molecule has 0 radical (unpaired) electrons. The fourth-order valence-corrected chi connectivity index (χ4v) is 3.32. The molecule has 1 saturated heterocycles. The van der Waals surface area contributed by atoms with Gasteiger partial charge in [-0.2, -0.15) is 0 Å². The van der Waals surface area contributed by atoms with E-state index >= 15 is 0 Å². The number of piperazine rings is 1. The molecule has 1 N–H and O–H groups in total. The largest absolute Gasteiger partial charge is 0.361 e. The number of carbonyl (C=O) groups is 1. The standard InChI is InChI=1S/C20H27FN4O2/c1-15-13-19(23-27-15)14-24-9-11-25(12-10-24)16(2)20(26)22-8-7-17-3-5-18(21)6-4-17/h3-6,13,16H,7-12,14H2,1-2H3,(H,22,26). The Balaban J connectivity index is 1.38. The van der Waals surface area contributed by atoms with Crippen molar-refractivity contribution in [1.29, 1.82) is 0 Å². The topological polar surface area (TPSA) is 61.6 Å². The van der Waals surface area contributed by atoms with Crippen LogP contribution in [0.5, 0.6) is 0 Å². The fourth-order valence-electron chi connectivity index (χ4n) is 3.32. The van der Waals surface area contributed by atoms with Crippen molar-refractivity contribution in [3.05, 3.63) is 53.2 Å². The van der Waals surface area contributed by atoms with Crippen molar-refractivity contribution >= 4 is 5.91 Å². The van der Waals surface area contributed by atoms with Gasteiger partial charge in [0.2, 0.25) is 5.91 Å². The summed E-state index contributed by atoms with van der Waals surface area (Å²) in [4.78, 5) is 16.9. The fraction of sp³-hybridized carbons (Fsp3) is 0.500. The molecule has 0 bridgehead atoms. The van der Waals surface area contributed by atoms with E-state index in [1.807, 2.05) is 19.9 Å². The molecule has 1 fully saturated rings. The molecule has 7 heteroatoms. The van der Waals surface area contributed by atoms with Crippen LogP contribution < -0.4 is 5.32 Å². The van der Waals surface area contributed by atoms with Crippen LogP contribution in [0.2, 0.25) is 0 Å². The third-order valence-electron chi connectivity index (χ3n) is 5.02. The van der Waals surface area contributed by atoms with Crippen LogP contribution in [0, 0.1) is 12.7 Å². The second-order valence-corrected chi connectivity index (χ2v) is 7.08. The molecule has 1 aromatic carbocycles. The lowest BCUT2D eigenvalue weighted by atomic mass is 10.1. The number of hydrogen-bond acceptors (Lipinski definition) is 5. The number of rotatable bonds is 7. The highest BCUT2D eigenvalue weighted by atomic mass is 19.1. The van der Waals surface area contributed by atoms with E-state index in [-0.39, 0.29) is 17.8 Å². The lowest BCUT2D eigenvalue weighted by molar-refractivity contribution is -0.126. The highest BCUT2D eigenvalue weighted by Crippen LogP contribution is 2.11. The maximum absolute atomic E-state index is 12.9. The molecule has 6 nitrogen and oxygen atoms in total. The van der Waals surface area contributed by atoms with Gasteiger partial charge in [0.1, 0.15) is 11.6 Å². The molecule has 1 unspecified atom stereocenters. The van der Waals surface area contributed by atoms with E-state index in [1.54, 1.807) is 12.1 Å². The van der Waals surface area contributed by atoms with Gasteiger partial charge < -0.3 is 9.84 Å². The molecule has 27 heavy (non-hydrogen) atoms. The summed E-state index contributed by atoms with van der Waals surface area (Å²) in [6.45, 7) is 8.68. The minimum Gasteiger partial charge on any atom is -0.361 e. The number of amides is 1. The molecule has 0 spiro atoms. The maximum Gasteiger partial charge on any atom is 0.237 e. The van der Waals surface area contributed by atoms with Crippen LogP contribution in [0.4, 0.5) is 4.39 Å². The average Bonchev–Trinajstić information content (AvgIpc) is 3.08. The van der Waals surface area contributed by atoms with E-state index < -0.39 is 0 Å². The lowest BCUT2D eigenvalue weighted by Gasteiger charge is -2.37. The van der Waals surface area contributed by atoms with Gasteiger partial charge >= 0.3 is 0 Å². The van der Waals surface area contributed by atoms with Crippen molar-refractivity contribution in [2.75, 3.05) is 32.7 Å².